The molecule has 1 fully saturated rings. The highest BCUT2D eigenvalue weighted by atomic mass is 32.2. The van der Waals surface area contributed by atoms with E-state index in [1.165, 1.54) is 31.0 Å². The van der Waals surface area contributed by atoms with Gasteiger partial charge in [0.1, 0.15) is 5.75 Å². The maximum Gasteiger partial charge on any atom is 0.230 e. The fraction of sp³-hybridized carbons (Fsp3) is 0.571. The van der Waals surface area contributed by atoms with Crippen LogP contribution < -0.4 is 10.1 Å². The lowest BCUT2D eigenvalue weighted by molar-refractivity contribution is -0.118. The highest BCUT2D eigenvalue weighted by molar-refractivity contribution is 7.99. The Hall–Kier alpha value is -2.06. The summed E-state index contributed by atoms with van der Waals surface area (Å²) in [5, 5.41) is 12.6. The van der Waals surface area contributed by atoms with Crippen molar-refractivity contribution < 1.29 is 9.53 Å². The van der Waals surface area contributed by atoms with Gasteiger partial charge < -0.3 is 10.1 Å². The first-order chi connectivity index (χ1) is 14.1. The van der Waals surface area contributed by atoms with Crippen molar-refractivity contribution in [2.75, 3.05) is 32.5 Å². The number of aromatic nitrogens is 3. The van der Waals surface area contributed by atoms with Crippen LogP contribution in [0.15, 0.2) is 29.4 Å². The summed E-state index contributed by atoms with van der Waals surface area (Å²) in [4.78, 5) is 14.5. The van der Waals surface area contributed by atoms with E-state index in [4.69, 9.17) is 4.74 Å². The predicted molar refractivity (Wildman–Crippen MR) is 116 cm³/mol. The number of rotatable bonds is 9. The molecule has 3 rings (SSSR count). The van der Waals surface area contributed by atoms with E-state index in [2.05, 4.69) is 31.9 Å². The Balaban J connectivity index is 1.86. The number of carbonyl (C=O) groups excluding carboxylic acids is 1. The Bertz CT molecular complexity index is 787. The molecule has 0 saturated carbocycles. The van der Waals surface area contributed by atoms with Crippen LogP contribution in [-0.4, -0.2) is 58.1 Å². The van der Waals surface area contributed by atoms with Gasteiger partial charge in [-0.05, 0) is 63.5 Å². The number of hydrogen-bond donors (Lipinski definition) is 1. The van der Waals surface area contributed by atoms with E-state index in [0.29, 0.717) is 12.3 Å². The molecule has 1 saturated heterocycles. The Morgan fingerprint density at radius 1 is 1.21 bits per heavy atom. The van der Waals surface area contributed by atoms with Gasteiger partial charge in [0.15, 0.2) is 11.0 Å². The zero-order chi connectivity index (χ0) is 20.6. The molecule has 0 bridgehead atoms. The largest absolute Gasteiger partial charge is 0.497 e. The molecule has 1 unspecified atom stereocenters. The third-order valence-corrected chi connectivity index (χ3v) is 6.13. The van der Waals surface area contributed by atoms with Crippen molar-refractivity contribution in [2.45, 2.75) is 50.7 Å². The molecule has 158 valence electrons. The van der Waals surface area contributed by atoms with Gasteiger partial charge in [-0.15, -0.1) is 10.2 Å². The molecule has 1 atom stereocenters. The van der Waals surface area contributed by atoms with Crippen molar-refractivity contribution in [2.24, 2.45) is 0 Å². The average Bonchev–Trinajstić information content (AvgIpc) is 3.20. The van der Waals surface area contributed by atoms with Crippen LogP contribution in [-0.2, 0) is 4.79 Å². The summed E-state index contributed by atoms with van der Waals surface area (Å²) in [6.45, 7) is 7.10. The number of nitrogens with zero attached hydrogens (tertiary/aromatic N) is 4. The molecule has 1 aliphatic heterocycles. The maximum absolute atomic E-state index is 12.1. The topological polar surface area (TPSA) is 72.3 Å². The summed E-state index contributed by atoms with van der Waals surface area (Å²) in [5.41, 5.74) is 0.978. The monoisotopic (exact) mass is 417 g/mol. The third-order valence-electron chi connectivity index (χ3n) is 5.21. The quantitative estimate of drug-likeness (QED) is 0.630. The number of amides is 1. The fourth-order valence-electron chi connectivity index (χ4n) is 3.53. The summed E-state index contributed by atoms with van der Waals surface area (Å²) < 4.78 is 7.38. The van der Waals surface area contributed by atoms with Gasteiger partial charge in [0.25, 0.3) is 0 Å². The predicted octanol–water partition coefficient (Wildman–Crippen LogP) is 3.44. The van der Waals surface area contributed by atoms with E-state index < -0.39 is 0 Å². The molecule has 1 amide bonds. The Morgan fingerprint density at radius 3 is 2.59 bits per heavy atom. The second kappa shape index (κ2) is 10.6. The summed E-state index contributed by atoms with van der Waals surface area (Å²) in [6, 6.07) is 8.06. The van der Waals surface area contributed by atoms with E-state index in [1.54, 1.807) is 7.11 Å². The van der Waals surface area contributed by atoms with Crippen LogP contribution in [0.2, 0.25) is 0 Å². The number of ether oxygens (including phenoxy) is 1. The normalized spacial score (nSPS) is 15.8. The highest BCUT2D eigenvalue weighted by Crippen LogP contribution is 2.30. The van der Waals surface area contributed by atoms with Crippen LogP contribution in [0.1, 0.15) is 51.4 Å². The molecule has 0 radical (unpaired) electrons. The van der Waals surface area contributed by atoms with E-state index in [0.717, 1.165) is 41.9 Å². The zero-order valence-electron chi connectivity index (χ0n) is 17.6. The molecule has 0 spiro atoms. The molecule has 1 aromatic carbocycles. The van der Waals surface area contributed by atoms with Crippen LogP contribution in [0.3, 0.4) is 0 Å². The smallest absolute Gasteiger partial charge is 0.230 e. The third kappa shape index (κ3) is 5.51. The molecule has 8 heteroatoms. The van der Waals surface area contributed by atoms with Gasteiger partial charge in [0.2, 0.25) is 5.91 Å². The number of thioether (sulfide) groups is 1. The molecule has 1 aromatic heterocycles. The molecule has 29 heavy (non-hydrogen) atoms. The standard InChI is InChI=1S/C21H31N5O2S/c1-4-12-22-19(27)15-29-21-24-23-20(16(2)25-13-6-5-7-14-25)26(21)17-8-10-18(28-3)11-9-17/h8-11,16H,4-7,12-15H2,1-3H3,(H,22,27). The van der Waals surface area contributed by atoms with Crippen LogP contribution in [0.25, 0.3) is 5.69 Å². The van der Waals surface area contributed by atoms with E-state index in [1.807, 2.05) is 31.2 Å². The summed E-state index contributed by atoms with van der Waals surface area (Å²) in [7, 11) is 1.66. The van der Waals surface area contributed by atoms with Crippen LogP contribution in [0.5, 0.6) is 5.75 Å². The van der Waals surface area contributed by atoms with E-state index in [-0.39, 0.29) is 11.9 Å². The van der Waals surface area contributed by atoms with E-state index >= 15 is 0 Å². The Morgan fingerprint density at radius 2 is 1.93 bits per heavy atom. The number of nitrogens with one attached hydrogen (secondary N) is 1. The molecule has 1 aliphatic rings. The van der Waals surface area contributed by atoms with Crippen LogP contribution in [0, 0.1) is 0 Å². The maximum atomic E-state index is 12.1. The van der Waals surface area contributed by atoms with Gasteiger partial charge in [-0.1, -0.05) is 25.1 Å². The van der Waals surface area contributed by atoms with Gasteiger partial charge in [-0.25, -0.2) is 0 Å². The van der Waals surface area contributed by atoms with Gasteiger partial charge in [0, 0.05) is 12.2 Å². The Kier molecular flexibility index (Phi) is 7.94. The number of carbonyl (C=O) groups is 1. The number of methoxy groups -OCH3 is 1. The number of piperidine rings is 1. The molecule has 0 aliphatic carbocycles. The lowest BCUT2D eigenvalue weighted by atomic mass is 10.1. The molecule has 2 heterocycles. The first-order valence-electron chi connectivity index (χ1n) is 10.4. The molecule has 2 aromatic rings. The van der Waals surface area contributed by atoms with Crippen LogP contribution >= 0.6 is 11.8 Å². The summed E-state index contributed by atoms with van der Waals surface area (Å²) in [5.74, 6) is 2.06. The van der Waals surface area contributed by atoms with Crippen molar-refractivity contribution in [1.82, 2.24) is 25.0 Å². The first-order valence-corrected chi connectivity index (χ1v) is 11.4. The van der Waals surface area contributed by atoms with Crippen molar-refractivity contribution in [3.8, 4) is 11.4 Å². The van der Waals surface area contributed by atoms with Crippen molar-refractivity contribution in [3.05, 3.63) is 30.1 Å². The number of benzene rings is 1. The SMILES string of the molecule is CCCNC(=O)CSc1nnc(C(C)N2CCCCC2)n1-c1ccc(OC)cc1. The van der Waals surface area contributed by atoms with Crippen molar-refractivity contribution >= 4 is 17.7 Å². The zero-order valence-corrected chi connectivity index (χ0v) is 18.4. The summed E-state index contributed by atoms with van der Waals surface area (Å²) >= 11 is 1.42. The second-order valence-electron chi connectivity index (χ2n) is 7.29. The van der Waals surface area contributed by atoms with Gasteiger partial charge in [-0.2, -0.15) is 0 Å². The average molecular weight is 418 g/mol. The molecular formula is C21H31N5O2S. The summed E-state index contributed by atoms with van der Waals surface area (Å²) in [6.07, 6.45) is 4.67. The molecule has 1 N–H and O–H groups in total. The van der Waals surface area contributed by atoms with Crippen LogP contribution in [0.4, 0.5) is 0 Å². The number of likely N-dealkylation sites (tertiary alicyclic amines) is 1. The van der Waals surface area contributed by atoms with Gasteiger partial charge >= 0.3 is 0 Å². The van der Waals surface area contributed by atoms with Gasteiger partial charge in [0.05, 0.1) is 18.9 Å². The van der Waals surface area contributed by atoms with E-state index in [9.17, 15) is 4.79 Å². The number of hydrogen-bond acceptors (Lipinski definition) is 6. The molecule has 7 nitrogen and oxygen atoms in total. The first kappa shape index (κ1) is 21.6. The minimum Gasteiger partial charge on any atom is -0.497 e. The Labute approximate surface area is 177 Å². The minimum atomic E-state index is 0.0201. The lowest BCUT2D eigenvalue weighted by Gasteiger charge is -2.31. The second-order valence-corrected chi connectivity index (χ2v) is 8.23. The highest BCUT2D eigenvalue weighted by Gasteiger charge is 2.25. The van der Waals surface area contributed by atoms with Crippen molar-refractivity contribution in [3.63, 3.8) is 0 Å². The fourth-order valence-corrected chi connectivity index (χ4v) is 4.32. The molecular weight excluding hydrogens is 386 g/mol. The van der Waals surface area contributed by atoms with Crippen molar-refractivity contribution in [1.29, 1.82) is 0 Å². The lowest BCUT2D eigenvalue weighted by Crippen LogP contribution is -2.33. The van der Waals surface area contributed by atoms with Gasteiger partial charge in [-0.3, -0.25) is 14.3 Å². The minimum absolute atomic E-state index is 0.0201.